The second-order valence-corrected chi connectivity index (χ2v) is 3.40. The van der Waals surface area contributed by atoms with E-state index in [0.717, 1.165) is 6.42 Å². The van der Waals surface area contributed by atoms with Gasteiger partial charge in [0, 0.05) is 12.3 Å². The summed E-state index contributed by atoms with van der Waals surface area (Å²) in [5.74, 6) is -0.135. The number of rotatable bonds is 6. The van der Waals surface area contributed by atoms with Crippen LogP contribution in [-0.2, 0) is 0 Å². The molecule has 0 heterocycles. The molecule has 0 unspecified atom stereocenters. The number of aliphatic hydroxyl groups is 1. The van der Waals surface area contributed by atoms with Gasteiger partial charge in [0.05, 0.1) is 12.2 Å². The lowest BCUT2D eigenvalue weighted by atomic mass is 10.1. The number of hydrogen-bond acceptors (Lipinski definition) is 4. The third-order valence-corrected chi connectivity index (χ3v) is 2.08. The molecule has 5 nitrogen and oxygen atoms in total. The van der Waals surface area contributed by atoms with E-state index in [9.17, 15) is 4.79 Å². The highest BCUT2D eigenvalue weighted by molar-refractivity contribution is 5.96. The summed E-state index contributed by atoms with van der Waals surface area (Å²) >= 11 is 0. The van der Waals surface area contributed by atoms with Crippen LogP contribution in [0.5, 0.6) is 5.75 Å². The van der Waals surface area contributed by atoms with Crippen LogP contribution in [0.3, 0.4) is 0 Å². The average molecular weight is 224 g/mol. The third kappa shape index (κ3) is 3.43. The molecule has 0 spiro atoms. The van der Waals surface area contributed by atoms with Gasteiger partial charge in [-0.1, -0.05) is 0 Å². The normalized spacial score (nSPS) is 10.1. The number of aliphatic hydroxyl groups excluding tert-OH is 1. The molecule has 5 heteroatoms. The van der Waals surface area contributed by atoms with Gasteiger partial charge in [-0.25, -0.2) is 0 Å². The van der Waals surface area contributed by atoms with Crippen molar-refractivity contribution in [2.24, 2.45) is 5.73 Å². The maximum absolute atomic E-state index is 11.1. The first-order valence-corrected chi connectivity index (χ1v) is 5.08. The number of carbonyl (C=O) groups excluding carboxylic acids is 1. The van der Waals surface area contributed by atoms with Gasteiger partial charge < -0.3 is 21.3 Å². The molecule has 0 radical (unpaired) electrons. The summed E-state index contributed by atoms with van der Waals surface area (Å²) in [6.45, 7) is 0.568. The summed E-state index contributed by atoms with van der Waals surface area (Å²) in [6.07, 6.45) is 1.39. The fourth-order valence-electron chi connectivity index (χ4n) is 1.26. The van der Waals surface area contributed by atoms with Crippen molar-refractivity contribution in [2.45, 2.75) is 12.8 Å². The van der Waals surface area contributed by atoms with Gasteiger partial charge in [-0.05, 0) is 31.0 Å². The van der Waals surface area contributed by atoms with E-state index in [4.69, 9.17) is 21.3 Å². The number of unbranched alkanes of at least 4 members (excludes halogenated alkanes) is 1. The number of anilines is 1. The molecule has 0 saturated heterocycles. The van der Waals surface area contributed by atoms with Gasteiger partial charge in [-0.15, -0.1) is 0 Å². The third-order valence-electron chi connectivity index (χ3n) is 2.08. The predicted octanol–water partition coefficient (Wildman–Crippen LogP) is 0.519. The maximum Gasteiger partial charge on any atom is 0.252 e. The Hall–Kier alpha value is -1.75. The Balaban J connectivity index is 2.67. The van der Waals surface area contributed by atoms with E-state index in [1.54, 1.807) is 12.1 Å². The highest BCUT2D eigenvalue weighted by atomic mass is 16.5. The fraction of sp³-hybridized carbons (Fsp3) is 0.364. The zero-order valence-electron chi connectivity index (χ0n) is 8.98. The lowest BCUT2D eigenvalue weighted by molar-refractivity contribution is 0.0996. The fourth-order valence-corrected chi connectivity index (χ4v) is 1.26. The highest BCUT2D eigenvalue weighted by Crippen LogP contribution is 2.21. The summed E-state index contributed by atoms with van der Waals surface area (Å²) in [5.41, 5.74) is 11.5. The van der Waals surface area contributed by atoms with Crippen molar-refractivity contribution in [2.75, 3.05) is 18.9 Å². The van der Waals surface area contributed by atoms with Gasteiger partial charge >= 0.3 is 0 Å². The first kappa shape index (κ1) is 12.3. The molecule has 0 aliphatic carbocycles. The van der Waals surface area contributed by atoms with E-state index < -0.39 is 5.91 Å². The predicted molar refractivity (Wildman–Crippen MR) is 61.2 cm³/mol. The Morgan fingerprint density at radius 3 is 2.75 bits per heavy atom. The number of carbonyl (C=O) groups is 1. The quantitative estimate of drug-likeness (QED) is 0.484. The van der Waals surface area contributed by atoms with E-state index in [2.05, 4.69) is 0 Å². The number of benzene rings is 1. The molecule has 1 aromatic rings. The van der Waals surface area contributed by atoms with Crippen LogP contribution in [0.2, 0.25) is 0 Å². The summed E-state index contributed by atoms with van der Waals surface area (Å²) in [5, 5.41) is 8.60. The maximum atomic E-state index is 11.1. The van der Waals surface area contributed by atoms with Crippen LogP contribution in [0.4, 0.5) is 5.69 Å². The van der Waals surface area contributed by atoms with Crippen molar-refractivity contribution >= 4 is 11.6 Å². The topological polar surface area (TPSA) is 98.6 Å². The molecule has 5 N–H and O–H groups in total. The highest BCUT2D eigenvalue weighted by Gasteiger charge is 2.09. The molecule has 0 atom stereocenters. The first-order chi connectivity index (χ1) is 7.65. The monoisotopic (exact) mass is 224 g/mol. The second kappa shape index (κ2) is 5.97. The van der Waals surface area contributed by atoms with Crippen LogP contribution >= 0.6 is 0 Å². The summed E-state index contributed by atoms with van der Waals surface area (Å²) in [7, 11) is 0. The second-order valence-electron chi connectivity index (χ2n) is 3.40. The number of primary amides is 1. The Morgan fingerprint density at radius 1 is 1.38 bits per heavy atom. The van der Waals surface area contributed by atoms with Crippen LogP contribution in [0.25, 0.3) is 0 Å². The summed E-state index contributed by atoms with van der Waals surface area (Å²) < 4.78 is 5.39. The summed E-state index contributed by atoms with van der Waals surface area (Å²) in [6, 6.07) is 4.76. The van der Waals surface area contributed by atoms with Gasteiger partial charge in [0.1, 0.15) is 5.75 Å². The van der Waals surface area contributed by atoms with E-state index in [1.807, 2.05) is 0 Å². The molecule has 0 saturated carbocycles. The molecule has 1 aromatic carbocycles. The first-order valence-electron chi connectivity index (χ1n) is 5.08. The molecule has 0 aliphatic heterocycles. The molecular formula is C11H16N2O3. The number of amides is 1. The molecule has 0 aromatic heterocycles. The minimum absolute atomic E-state index is 0.133. The molecule has 0 aliphatic rings. The van der Waals surface area contributed by atoms with Crippen LogP contribution in [0.1, 0.15) is 23.2 Å². The van der Waals surface area contributed by atoms with Gasteiger partial charge in [-0.3, -0.25) is 4.79 Å². The number of ether oxygens (including phenoxy) is 1. The molecule has 1 rings (SSSR count). The van der Waals surface area contributed by atoms with Gasteiger partial charge in [0.25, 0.3) is 5.91 Å². The zero-order chi connectivity index (χ0) is 12.0. The van der Waals surface area contributed by atoms with E-state index in [1.165, 1.54) is 6.07 Å². The SMILES string of the molecule is NC(=O)c1cc(N)ccc1OCCCCO. The standard InChI is InChI=1S/C11H16N2O3/c12-8-3-4-10(9(7-8)11(13)15)16-6-2-1-5-14/h3-4,7,14H,1-2,5-6,12H2,(H2,13,15). The van der Waals surface area contributed by atoms with Crippen molar-refractivity contribution in [1.29, 1.82) is 0 Å². The van der Waals surface area contributed by atoms with Crippen molar-refractivity contribution in [1.82, 2.24) is 0 Å². The minimum atomic E-state index is -0.565. The van der Waals surface area contributed by atoms with Crippen LogP contribution in [-0.4, -0.2) is 24.2 Å². The zero-order valence-corrected chi connectivity index (χ0v) is 8.98. The Morgan fingerprint density at radius 2 is 2.12 bits per heavy atom. The molecule has 0 bridgehead atoms. The summed E-state index contributed by atoms with van der Waals surface area (Å²) in [4.78, 5) is 11.1. The lowest BCUT2D eigenvalue weighted by Gasteiger charge is -2.09. The smallest absolute Gasteiger partial charge is 0.252 e. The molecular weight excluding hydrogens is 208 g/mol. The van der Waals surface area contributed by atoms with Gasteiger partial charge in [0.15, 0.2) is 0 Å². The molecule has 16 heavy (non-hydrogen) atoms. The lowest BCUT2D eigenvalue weighted by Crippen LogP contribution is -2.14. The van der Waals surface area contributed by atoms with Crippen molar-refractivity contribution < 1.29 is 14.6 Å². The van der Waals surface area contributed by atoms with Crippen molar-refractivity contribution in [3.63, 3.8) is 0 Å². The largest absolute Gasteiger partial charge is 0.493 e. The van der Waals surface area contributed by atoms with Gasteiger partial charge in [-0.2, -0.15) is 0 Å². The average Bonchev–Trinajstić information content (AvgIpc) is 2.26. The molecule has 88 valence electrons. The molecule has 0 fully saturated rings. The van der Waals surface area contributed by atoms with Crippen molar-refractivity contribution in [3.8, 4) is 5.75 Å². The Bertz CT molecular complexity index is 366. The van der Waals surface area contributed by atoms with Crippen LogP contribution in [0.15, 0.2) is 18.2 Å². The Labute approximate surface area is 94.0 Å². The van der Waals surface area contributed by atoms with Crippen LogP contribution < -0.4 is 16.2 Å². The number of nitrogens with two attached hydrogens (primary N) is 2. The van der Waals surface area contributed by atoms with Gasteiger partial charge in [0.2, 0.25) is 0 Å². The number of hydrogen-bond donors (Lipinski definition) is 3. The molecule has 1 amide bonds. The van der Waals surface area contributed by atoms with Crippen LogP contribution in [0, 0.1) is 0 Å². The van der Waals surface area contributed by atoms with Crippen molar-refractivity contribution in [3.05, 3.63) is 23.8 Å². The van der Waals surface area contributed by atoms with E-state index in [-0.39, 0.29) is 12.2 Å². The van der Waals surface area contributed by atoms with E-state index >= 15 is 0 Å². The van der Waals surface area contributed by atoms with E-state index in [0.29, 0.717) is 24.5 Å². The number of nitrogen functional groups attached to an aromatic ring is 1. The minimum Gasteiger partial charge on any atom is -0.493 e. The Kier molecular flexibility index (Phi) is 4.60.